The van der Waals surface area contributed by atoms with Crippen LogP contribution in [0.1, 0.15) is 25.3 Å². The van der Waals surface area contributed by atoms with Crippen LogP contribution in [0.15, 0.2) is 72.1 Å². The number of allylic oxidation sites excluding steroid dienone is 2. The number of carbonyl (C=O) groups is 2. The maximum absolute atomic E-state index is 12.7. The van der Waals surface area contributed by atoms with Gasteiger partial charge in [0.05, 0.1) is 17.1 Å². The Morgan fingerprint density at radius 1 is 1.07 bits per heavy atom. The smallest absolute Gasteiger partial charge is 0.337 e. The zero-order valence-electron chi connectivity index (χ0n) is 15.4. The third-order valence-electron chi connectivity index (χ3n) is 4.05. The Labute approximate surface area is 164 Å². The van der Waals surface area contributed by atoms with Crippen molar-refractivity contribution in [2.75, 3.05) is 13.2 Å². The molecule has 1 heterocycles. The van der Waals surface area contributed by atoms with Crippen LogP contribution in [0.5, 0.6) is 0 Å². The Morgan fingerprint density at radius 3 is 2.04 bits per heavy atom. The van der Waals surface area contributed by atoms with E-state index in [1.165, 1.54) is 12.2 Å². The first kappa shape index (κ1) is 20.5. The van der Waals surface area contributed by atoms with Gasteiger partial charge in [0.2, 0.25) is 0 Å². The van der Waals surface area contributed by atoms with Crippen LogP contribution in [0, 0.1) is 0 Å². The van der Waals surface area contributed by atoms with Gasteiger partial charge in [-0.05, 0) is 31.5 Å². The first-order valence-corrected chi connectivity index (χ1v) is 8.78. The number of dihydropyridines is 1. The molecule has 2 rings (SSSR count). The van der Waals surface area contributed by atoms with Crippen molar-refractivity contribution in [3.05, 3.63) is 82.7 Å². The summed E-state index contributed by atoms with van der Waals surface area (Å²) < 4.78 is 10.5. The molecule has 0 saturated heterocycles. The first-order chi connectivity index (χ1) is 12.9. The normalized spacial score (nSPS) is 14.5. The Morgan fingerprint density at radius 2 is 1.59 bits per heavy atom. The summed E-state index contributed by atoms with van der Waals surface area (Å²) >= 11 is 6.15. The lowest BCUT2D eigenvalue weighted by molar-refractivity contribution is -0.138. The highest BCUT2D eigenvalue weighted by Crippen LogP contribution is 2.39. The minimum absolute atomic E-state index is 0.0663. The molecule has 0 spiro atoms. The molecular formula is C21H22ClNO4. The van der Waals surface area contributed by atoms with Gasteiger partial charge in [-0.15, -0.1) is 0 Å². The molecule has 27 heavy (non-hydrogen) atoms. The van der Waals surface area contributed by atoms with Crippen molar-refractivity contribution >= 4 is 23.5 Å². The van der Waals surface area contributed by atoms with Gasteiger partial charge in [-0.25, -0.2) is 9.59 Å². The molecule has 0 fully saturated rings. The molecule has 1 aromatic rings. The number of benzene rings is 1. The van der Waals surface area contributed by atoms with Gasteiger partial charge in [0.1, 0.15) is 13.2 Å². The molecule has 142 valence electrons. The second kappa shape index (κ2) is 9.24. The van der Waals surface area contributed by atoms with Crippen molar-refractivity contribution < 1.29 is 19.1 Å². The van der Waals surface area contributed by atoms with Crippen molar-refractivity contribution in [2.24, 2.45) is 0 Å². The Balaban J connectivity index is 2.59. The summed E-state index contributed by atoms with van der Waals surface area (Å²) in [7, 11) is 0. The standard InChI is InChI=1S/C21H22ClNO4/c1-5-10-26-20(24)17-13(3)23-14(4)18(21(25)27-11-6-2)19(17)15-8-7-9-16(22)12-15/h5-9,12,19,23H,1-2,10-11H2,3-4H3. The van der Waals surface area contributed by atoms with Crippen molar-refractivity contribution in [2.45, 2.75) is 19.8 Å². The molecule has 5 nitrogen and oxygen atoms in total. The monoisotopic (exact) mass is 387 g/mol. The Hall–Kier alpha value is -2.79. The molecule has 6 heteroatoms. The minimum atomic E-state index is -0.667. The topological polar surface area (TPSA) is 64.6 Å². The molecule has 0 aromatic heterocycles. The maximum atomic E-state index is 12.7. The second-order valence-electron chi connectivity index (χ2n) is 5.96. The van der Waals surface area contributed by atoms with E-state index >= 15 is 0 Å². The SMILES string of the molecule is C=CCOC(=O)C1=C(C)NC(C)=C(C(=O)OCC=C)C1c1cccc(Cl)c1. The summed E-state index contributed by atoms with van der Waals surface area (Å²) in [6.07, 6.45) is 2.97. The fourth-order valence-electron chi connectivity index (χ4n) is 2.98. The fraction of sp³-hybridized carbons (Fsp3) is 0.238. The Kier molecular flexibility index (Phi) is 7.02. The van der Waals surface area contributed by atoms with E-state index in [9.17, 15) is 9.59 Å². The van der Waals surface area contributed by atoms with Crippen LogP contribution in [-0.4, -0.2) is 25.2 Å². The largest absolute Gasteiger partial charge is 0.458 e. The molecular weight excluding hydrogens is 366 g/mol. The van der Waals surface area contributed by atoms with E-state index in [0.717, 1.165) is 0 Å². The molecule has 0 amide bonds. The van der Waals surface area contributed by atoms with Gasteiger partial charge in [-0.3, -0.25) is 0 Å². The highest BCUT2D eigenvalue weighted by molar-refractivity contribution is 6.30. The van der Waals surface area contributed by atoms with Crippen molar-refractivity contribution in [3.63, 3.8) is 0 Å². The Bertz CT molecular complexity index is 792. The highest BCUT2D eigenvalue weighted by atomic mass is 35.5. The van der Waals surface area contributed by atoms with E-state index in [4.69, 9.17) is 21.1 Å². The molecule has 0 aliphatic carbocycles. The molecule has 0 unspecified atom stereocenters. The number of ether oxygens (including phenoxy) is 2. The van der Waals surface area contributed by atoms with Gasteiger partial charge in [0.15, 0.2) is 0 Å². The van der Waals surface area contributed by atoms with E-state index < -0.39 is 17.9 Å². The minimum Gasteiger partial charge on any atom is -0.458 e. The van der Waals surface area contributed by atoms with Gasteiger partial charge in [0.25, 0.3) is 0 Å². The predicted octanol–water partition coefficient (Wildman–Crippen LogP) is 4.03. The van der Waals surface area contributed by atoms with Gasteiger partial charge in [-0.1, -0.05) is 49.0 Å². The van der Waals surface area contributed by atoms with E-state index in [-0.39, 0.29) is 13.2 Å². The van der Waals surface area contributed by atoms with Gasteiger partial charge in [-0.2, -0.15) is 0 Å². The van der Waals surface area contributed by atoms with Crippen LogP contribution in [0.4, 0.5) is 0 Å². The maximum Gasteiger partial charge on any atom is 0.337 e. The summed E-state index contributed by atoms with van der Waals surface area (Å²) in [6, 6.07) is 7.03. The van der Waals surface area contributed by atoms with Crippen molar-refractivity contribution in [1.82, 2.24) is 5.32 Å². The predicted molar refractivity (Wildman–Crippen MR) is 105 cm³/mol. The van der Waals surface area contributed by atoms with Crippen molar-refractivity contribution in [1.29, 1.82) is 0 Å². The number of hydrogen-bond acceptors (Lipinski definition) is 5. The number of halogens is 1. The number of nitrogens with one attached hydrogen (secondary N) is 1. The molecule has 1 N–H and O–H groups in total. The average molecular weight is 388 g/mol. The van der Waals surface area contributed by atoms with Gasteiger partial charge in [0, 0.05) is 16.4 Å². The van der Waals surface area contributed by atoms with Crippen LogP contribution in [0.2, 0.25) is 5.02 Å². The third-order valence-corrected chi connectivity index (χ3v) is 4.28. The van der Waals surface area contributed by atoms with E-state index in [2.05, 4.69) is 18.5 Å². The molecule has 0 radical (unpaired) electrons. The highest BCUT2D eigenvalue weighted by Gasteiger charge is 2.37. The average Bonchev–Trinajstić information content (AvgIpc) is 2.63. The van der Waals surface area contributed by atoms with Crippen LogP contribution in [-0.2, 0) is 19.1 Å². The summed E-state index contributed by atoms with van der Waals surface area (Å²) in [4.78, 5) is 25.5. The van der Waals surface area contributed by atoms with Crippen LogP contribution in [0.25, 0.3) is 0 Å². The molecule has 1 aromatic carbocycles. The molecule has 0 bridgehead atoms. The number of carbonyl (C=O) groups excluding carboxylic acids is 2. The summed E-state index contributed by atoms with van der Waals surface area (Å²) in [5.41, 5.74) is 2.56. The lowest BCUT2D eigenvalue weighted by Gasteiger charge is -2.30. The van der Waals surface area contributed by atoms with E-state index in [1.54, 1.807) is 32.0 Å². The van der Waals surface area contributed by atoms with Crippen LogP contribution in [0.3, 0.4) is 0 Å². The summed E-state index contributed by atoms with van der Waals surface area (Å²) in [5, 5.41) is 3.58. The third kappa shape index (κ3) is 4.68. The lowest BCUT2D eigenvalue weighted by Crippen LogP contribution is -2.32. The fourth-order valence-corrected chi connectivity index (χ4v) is 3.18. The zero-order valence-corrected chi connectivity index (χ0v) is 16.1. The first-order valence-electron chi connectivity index (χ1n) is 8.40. The van der Waals surface area contributed by atoms with Gasteiger partial charge < -0.3 is 14.8 Å². The van der Waals surface area contributed by atoms with E-state index in [0.29, 0.717) is 33.1 Å². The summed E-state index contributed by atoms with van der Waals surface area (Å²) in [6.45, 7) is 10.8. The van der Waals surface area contributed by atoms with Gasteiger partial charge >= 0.3 is 11.9 Å². The number of hydrogen-bond donors (Lipinski definition) is 1. The molecule has 1 aliphatic rings. The number of rotatable bonds is 7. The van der Waals surface area contributed by atoms with Crippen LogP contribution >= 0.6 is 11.6 Å². The van der Waals surface area contributed by atoms with Crippen LogP contribution < -0.4 is 5.32 Å². The van der Waals surface area contributed by atoms with E-state index in [1.807, 2.05) is 6.07 Å². The molecule has 0 atom stereocenters. The lowest BCUT2D eigenvalue weighted by atomic mass is 9.80. The molecule has 0 saturated carbocycles. The van der Waals surface area contributed by atoms with Crippen molar-refractivity contribution in [3.8, 4) is 0 Å². The second-order valence-corrected chi connectivity index (χ2v) is 6.40. The quantitative estimate of drug-likeness (QED) is 0.565. The molecule has 1 aliphatic heterocycles. The number of esters is 2. The zero-order chi connectivity index (χ0) is 20.0. The summed E-state index contributed by atoms with van der Waals surface area (Å²) in [5.74, 6) is -1.74.